The quantitative estimate of drug-likeness (QED) is 0.858. The number of carbonyl (C=O) groups excluding carboxylic acids is 1. The number of methoxy groups -OCH3 is 2. The van der Waals surface area contributed by atoms with Crippen LogP contribution in [0.5, 0.6) is 11.5 Å². The summed E-state index contributed by atoms with van der Waals surface area (Å²) in [5, 5.41) is 0. The molecule has 1 atom stereocenters. The molecule has 1 saturated heterocycles. The smallest absolute Gasteiger partial charge is 0.223 e. The fraction of sp³-hybridized carbons (Fsp3) is 0.316. The van der Waals surface area contributed by atoms with Gasteiger partial charge in [0.1, 0.15) is 0 Å². The summed E-state index contributed by atoms with van der Waals surface area (Å²) < 4.78 is 10.6. The van der Waals surface area contributed by atoms with Gasteiger partial charge in [-0.05, 0) is 35.4 Å². The monoisotopic (exact) mass is 326 g/mol. The van der Waals surface area contributed by atoms with E-state index in [1.807, 2.05) is 47.4 Å². The zero-order valence-electron chi connectivity index (χ0n) is 14.0. The van der Waals surface area contributed by atoms with Crippen LogP contribution in [0.3, 0.4) is 0 Å². The molecule has 0 aromatic heterocycles. The third kappa shape index (κ3) is 3.30. The fourth-order valence-electron chi connectivity index (χ4n) is 3.10. The van der Waals surface area contributed by atoms with Crippen molar-refractivity contribution in [3.05, 3.63) is 53.6 Å². The average molecular weight is 326 g/mol. The van der Waals surface area contributed by atoms with Crippen LogP contribution in [0.25, 0.3) is 0 Å². The summed E-state index contributed by atoms with van der Waals surface area (Å²) in [7, 11) is 3.24. The van der Waals surface area contributed by atoms with E-state index in [2.05, 4.69) is 0 Å². The van der Waals surface area contributed by atoms with Crippen LogP contribution >= 0.6 is 0 Å². The van der Waals surface area contributed by atoms with Gasteiger partial charge < -0.3 is 20.1 Å². The predicted molar refractivity (Wildman–Crippen MR) is 93.2 cm³/mol. The van der Waals surface area contributed by atoms with Crippen molar-refractivity contribution in [3.63, 3.8) is 0 Å². The van der Waals surface area contributed by atoms with E-state index in [0.717, 1.165) is 16.8 Å². The number of nitrogens with zero attached hydrogens (tertiary/aromatic N) is 1. The van der Waals surface area contributed by atoms with Crippen molar-refractivity contribution >= 4 is 11.6 Å². The Balaban J connectivity index is 1.73. The van der Waals surface area contributed by atoms with E-state index in [-0.39, 0.29) is 11.8 Å². The molecule has 1 amide bonds. The molecule has 5 nitrogen and oxygen atoms in total. The molecule has 1 fully saturated rings. The summed E-state index contributed by atoms with van der Waals surface area (Å²) in [5.41, 5.74) is 8.63. The van der Waals surface area contributed by atoms with E-state index < -0.39 is 0 Å². The van der Waals surface area contributed by atoms with E-state index in [0.29, 0.717) is 31.0 Å². The lowest BCUT2D eigenvalue weighted by atomic mass is 9.98. The first-order valence-electron chi connectivity index (χ1n) is 7.95. The van der Waals surface area contributed by atoms with Crippen LogP contribution in [0, 0.1) is 0 Å². The van der Waals surface area contributed by atoms with E-state index in [1.54, 1.807) is 14.2 Å². The van der Waals surface area contributed by atoms with Crippen LogP contribution in [0.15, 0.2) is 42.5 Å². The molecule has 0 aliphatic carbocycles. The van der Waals surface area contributed by atoms with E-state index >= 15 is 0 Å². The molecular weight excluding hydrogens is 304 g/mol. The fourth-order valence-corrected chi connectivity index (χ4v) is 3.10. The molecule has 126 valence electrons. The lowest BCUT2D eigenvalue weighted by Gasteiger charge is -2.17. The first-order chi connectivity index (χ1) is 11.6. The maximum atomic E-state index is 12.4. The van der Waals surface area contributed by atoms with Crippen molar-refractivity contribution in [3.8, 4) is 11.5 Å². The van der Waals surface area contributed by atoms with E-state index in [4.69, 9.17) is 15.2 Å². The average Bonchev–Trinajstić information content (AvgIpc) is 2.97. The van der Waals surface area contributed by atoms with Gasteiger partial charge in [0.05, 0.1) is 14.2 Å². The molecular formula is C19H22N2O3. The topological polar surface area (TPSA) is 64.8 Å². The number of benzene rings is 2. The third-order valence-electron chi connectivity index (χ3n) is 4.45. The summed E-state index contributed by atoms with van der Waals surface area (Å²) in [6.07, 6.45) is 0.518. The van der Waals surface area contributed by atoms with E-state index in [1.165, 1.54) is 0 Å². The van der Waals surface area contributed by atoms with Crippen LogP contribution in [-0.4, -0.2) is 31.6 Å². The number of ether oxygens (including phenoxy) is 2. The third-order valence-corrected chi connectivity index (χ3v) is 4.45. The number of carbonyl (C=O) groups is 1. The lowest BCUT2D eigenvalue weighted by Crippen LogP contribution is -2.24. The highest BCUT2D eigenvalue weighted by Gasteiger charge is 2.31. The normalized spacial score (nSPS) is 17.2. The summed E-state index contributed by atoms with van der Waals surface area (Å²) in [6, 6.07) is 13.5. The molecule has 2 aromatic carbocycles. The highest BCUT2D eigenvalue weighted by Crippen LogP contribution is 2.35. The molecule has 1 aliphatic heterocycles. The van der Waals surface area contributed by atoms with Gasteiger partial charge in [0.2, 0.25) is 5.91 Å². The second-order valence-electron chi connectivity index (χ2n) is 6.03. The Bertz CT molecular complexity index is 728. The molecule has 5 heteroatoms. The predicted octanol–water partition coefficient (Wildman–Crippen LogP) is 2.80. The molecule has 3 rings (SSSR count). The Morgan fingerprint density at radius 2 is 1.79 bits per heavy atom. The standard InChI is InChI=1S/C19H22N2O3/c1-23-17-8-5-14(9-18(17)24-2)15-10-19(22)21(12-15)11-13-3-6-16(20)7-4-13/h3-9,15H,10-12,20H2,1-2H3. The van der Waals surface area contributed by atoms with Gasteiger partial charge in [0, 0.05) is 31.1 Å². The SMILES string of the molecule is COc1ccc(C2CC(=O)N(Cc3ccc(N)cc3)C2)cc1OC. The second kappa shape index (κ2) is 6.83. The number of anilines is 1. The number of likely N-dealkylation sites (tertiary alicyclic amines) is 1. The molecule has 0 bridgehead atoms. The van der Waals surface area contributed by atoms with E-state index in [9.17, 15) is 4.79 Å². The molecule has 1 unspecified atom stereocenters. The number of nitrogen functional groups attached to an aromatic ring is 1. The highest BCUT2D eigenvalue weighted by molar-refractivity contribution is 5.79. The number of hydrogen-bond acceptors (Lipinski definition) is 4. The number of hydrogen-bond donors (Lipinski definition) is 1. The lowest BCUT2D eigenvalue weighted by molar-refractivity contribution is -0.128. The first kappa shape index (κ1) is 16.2. The Labute approximate surface area is 142 Å². The van der Waals surface area contributed by atoms with Gasteiger partial charge >= 0.3 is 0 Å². The maximum absolute atomic E-state index is 12.4. The molecule has 24 heavy (non-hydrogen) atoms. The van der Waals surface area contributed by atoms with Crippen molar-refractivity contribution < 1.29 is 14.3 Å². The van der Waals surface area contributed by atoms with Crippen molar-refractivity contribution in [2.75, 3.05) is 26.5 Å². The van der Waals surface area contributed by atoms with Crippen LogP contribution < -0.4 is 15.2 Å². The van der Waals surface area contributed by atoms with Crippen LogP contribution in [0.4, 0.5) is 5.69 Å². The first-order valence-corrected chi connectivity index (χ1v) is 7.95. The van der Waals surface area contributed by atoms with Gasteiger partial charge in [0.25, 0.3) is 0 Å². The van der Waals surface area contributed by atoms with Gasteiger partial charge in [-0.3, -0.25) is 4.79 Å². The van der Waals surface area contributed by atoms with Crippen LogP contribution in [0.1, 0.15) is 23.5 Å². The highest BCUT2D eigenvalue weighted by atomic mass is 16.5. The van der Waals surface area contributed by atoms with Crippen molar-refractivity contribution in [2.45, 2.75) is 18.9 Å². The summed E-state index contributed by atoms with van der Waals surface area (Å²) >= 11 is 0. The van der Waals surface area contributed by atoms with Gasteiger partial charge in [-0.1, -0.05) is 18.2 Å². The molecule has 2 N–H and O–H groups in total. The van der Waals surface area contributed by atoms with Crippen molar-refractivity contribution in [1.82, 2.24) is 4.90 Å². The molecule has 2 aromatic rings. The van der Waals surface area contributed by atoms with Crippen molar-refractivity contribution in [2.24, 2.45) is 0 Å². The number of rotatable bonds is 5. The Kier molecular flexibility index (Phi) is 4.60. The maximum Gasteiger partial charge on any atom is 0.223 e. The summed E-state index contributed by atoms with van der Waals surface area (Å²) in [5.74, 6) is 1.74. The number of amides is 1. The Morgan fingerprint density at radius 3 is 2.46 bits per heavy atom. The minimum absolute atomic E-state index is 0.172. The van der Waals surface area contributed by atoms with Crippen LogP contribution in [0.2, 0.25) is 0 Å². The van der Waals surface area contributed by atoms with Crippen molar-refractivity contribution in [1.29, 1.82) is 0 Å². The van der Waals surface area contributed by atoms with Gasteiger partial charge in [-0.15, -0.1) is 0 Å². The number of nitrogens with two attached hydrogens (primary N) is 1. The zero-order chi connectivity index (χ0) is 17.1. The molecule has 1 heterocycles. The largest absolute Gasteiger partial charge is 0.493 e. The van der Waals surface area contributed by atoms with Gasteiger partial charge in [-0.25, -0.2) is 0 Å². The molecule has 1 aliphatic rings. The van der Waals surface area contributed by atoms with Gasteiger partial charge in [0.15, 0.2) is 11.5 Å². The summed E-state index contributed by atoms with van der Waals surface area (Å²) in [6.45, 7) is 1.32. The van der Waals surface area contributed by atoms with Crippen LogP contribution in [-0.2, 0) is 11.3 Å². The second-order valence-corrected chi connectivity index (χ2v) is 6.03. The molecule has 0 radical (unpaired) electrons. The Hall–Kier alpha value is -2.69. The molecule has 0 saturated carbocycles. The minimum atomic E-state index is 0.172. The minimum Gasteiger partial charge on any atom is -0.493 e. The summed E-state index contributed by atoms with van der Waals surface area (Å²) in [4.78, 5) is 14.2. The molecule has 0 spiro atoms. The van der Waals surface area contributed by atoms with Gasteiger partial charge in [-0.2, -0.15) is 0 Å². The Morgan fingerprint density at radius 1 is 1.08 bits per heavy atom. The zero-order valence-corrected chi connectivity index (χ0v) is 14.0.